The Bertz CT molecular complexity index is 1100. The second kappa shape index (κ2) is 6.44. The number of aryl methyl sites for hydroxylation is 1. The van der Waals surface area contributed by atoms with Gasteiger partial charge in [0, 0.05) is 38.2 Å². The molecule has 30 heavy (non-hydrogen) atoms. The summed E-state index contributed by atoms with van der Waals surface area (Å²) < 4.78 is 43.4. The molecule has 8 nitrogen and oxygen atoms in total. The van der Waals surface area contributed by atoms with Gasteiger partial charge >= 0.3 is 6.18 Å². The fourth-order valence-electron chi connectivity index (χ4n) is 3.98. The summed E-state index contributed by atoms with van der Waals surface area (Å²) in [6.07, 6.45) is 2.92. The van der Waals surface area contributed by atoms with Crippen molar-refractivity contribution in [3.05, 3.63) is 41.7 Å². The number of rotatable bonds is 5. The Morgan fingerprint density at radius 2 is 2.03 bits per heavy atom. The van der Waals surface area contributed by atoms with Crippen LogP contribution in [-0.4, -0.2) is 36.3 Å². The molecule has 0 radical (unpaired) electrons. The summed E-state index contributed by atoms with van der Waals surface area (Å²) in [6.45, 7) is 2.99. The molecule has 0 bridgehead atoms. The Labute approximate surface area is 170 Å². The van der Waals surface area contributed by atoms with E-state index < -0.39 is 11.7 Å². The minimum absolute atomic E-state index is 0.0822. The fourth-order valence-corrected chi connectivity index (χ4v) is 3.98. The highest BCUT2D eigenvalue weighted by Crippen LogP contribution is 2.43. The molecular weight excluding hydrogens is 397 g/mol. The number of hydrogen-bond donors (Lipinski definition) is 2. The zero-order valence-corrected chi connectivity index (χ0v) is 16.5. The monoisotopic (exact) mass is 418 g/mol. The molecule has 3 aromatic rings. The van der Waals surface area contributed by atoms with Gasteiger partial charge in [-0.15, -0.1) is 0 Å². The molecule has 2 aliphatic rings. The number of hydrogen-bond acceptors (Lipinski definition) is 6. The molecular formula is C19H21F3N8. The summed E-state index contributed by atoms with van der Waals surface area (Å²) >= 11 is 0. The topological polar surface area (TPSA) is 85.5 Å². The summed E-state index contributed by atoms with van der Waals surface area (Å²) in [5.41, 5.74) is -0.350. The van der Waals surface area contributed by atoms with Crippen molar-refractivity contribution in [2.24, 2.45) is 0 Å². The van der Waals surface area contributed by atoms with E-state index in [9.17, 15) is 13.2 Å². The normalized spacial score (nSPS) is 21.0. The Balaban J connectivity index is 1.50. The SMILES string of the molecule is CNc1nc(Nc2cc(C3(C)CCn4ccnc43)nn2C2CC2)ncc1C(F)(F)F. The second-order valence-corrected chi connectivity index (χ2v) is 7.95. The van der Waals surface area contributed by atoms with E-state index >= 15 is 0 Å². The molecule has 0 amide bonds. The van der Waals surface area contributed by atoms with E-state index in [-0.39, 0.29) is 23.2 Å². The van der Waals surface area contributed by atoms with E-state index in [1.807, 2.05) is 16.9 Å². The first-order valence-electron chi connectivity index (χ1n) is 9.80. The highest BCUT2D eigenvalue weighted by molar-refractivity contribution is 5.55. The van der Waals surface area contributed by atoms with Crippen LogP contribution < -0.4 is 10.6 Å². The third-order valence-corrected chi connectivity index (χ3v) is 5.83. The minimum Gasteiger partial charge on any atom is -0.372 e. The molecule has 1 aliphatic carbocycles. The van der Waals surface area contributed by atoms with Crippen LogP contribution in [0.2, 0.25) is 0 Å². The van der Waals surface area contributed by atoms with Crippen molar-refractivity contribution in [1.82, 2.24) is 29.3 Å². The van der Waals surface area contributed by atoms with Gasteiger partial charge in [0.15, 0.2) is 0 Å². The average molecular weight is 418 g/mol. The molecule has 0 aromatic carbocycles. The third-order valence-electron chi connectivity index (χ3n) is 5.83. The van der Waals surface area contributed by atoms with E-state index in [0.717, 1.165) is 43.5 Å². The summed E-state index contributed by atoms with van der Waals surface area (Å²) in [6, 6.07) is 2.20. The predicted molar refractivity (Wildman–Crippen MR) is 104 cm³/mol. The van der Waals surface area contributed by atoms with Gasteiger partial charge in [-0.05, 0) is 26.2 Å². The van der Waals surface area contributed by atoms with Gasteiger partial charge in [0.25, 0.3) is 0 Å². The zero-order chi connectivity index (χ0) is 21.1. The second-order valence-electron chi connectivity index (χ2n) is 7.95. The Hall–Kier alpha value is -3.11. The van der Waals surface area contributed by atoms with Gasteiger partial charge in [-0.3, -0.25) is 0 Å². The highest BCUT2D eigenvalue weighted by atomic mass is 19.4. The van der Waals surface area contributed by atoms with Gasteiger partial charge in [0.1, 0.15) is 23.0 Å². The third kappa shape index (κ3) is 2.99. The van der Waals surface area contributed by atoms with Crippen LogP contribution in [0.3, 0.4) is 0 Å². The zero-order valence-electron chi connectivity index (χ0n) is 16.5. The van der Waals surface area contributed by atoms with Crippen molar-refractivity contribution in [2.75, 3.05) is 17.7 Å². The fraction of sp³-hybridized carbons (Fsp3) is 0.474. The van der Waals surface area contributed by atoms with Crippen LogP contribution >= 0.6 is 0 Å². The molecule has 158 valence electrons. The van der Waals surface area contributed by atoms with Gasteiger partial charge in [-0.25, -0.2) is 14.6 Å². The van der Waals surface area contributed by atoms with Crippen molar-refractivity contribution >= 4 is 17.6 Å². The maximum absolute atomic E-state index is 13.1. The average Bonchev–Trinajstić information content (AvgIpc) is 3.13. The highest BCUT2D eigenvalue weighted by Gasteiger charge is 2.41. The maximum Gasteiger partial charge on any atom is 0.421 e. The number of fused-ring (bicyclic) bond motifs is 1. The van der Waals surface area contributed by atoms with Crippen molar-refractivity contribution in [2.45, 2.75) is 50.4 Å². The van der Waals surface area contributed by atoms with Crippen LogP contribution in [-0.2, 0) is 18.1 Å². The molecule has 0 spiro atoms. The lowest BCUT2D eigenvalue weighted by Crippen LogP contribution is -2.22. The molecule has 1 saturated carbocycles. The molecule has 5 rings (SSSR count). The van der Waals surface area contributed by atoms with Gasteiger partial charge in [0.2, 0.25) is 5.95 Å². The lowest BCUT2D eigenvalue weighted by atomic mass is 9.85. The quantitative estimate of drug-likeness (QED) is 0.657. The summed E-state index contributed by atoms with van der Waals surface area (Å²) in [5.74, 6) is 1.44. The predicted octanol–water partition coefficient (Wildman–Crippen LogP) is 3.72. The molecule has 1 unspecified atom stereocenters. The minimum atomic E-state index is -4.53. The van der Waals surface area contributed by atoms with Gasteiger partial charge in [0.05, 0.1) is 17.2 Å². The molecule has 0 saturated heterocycles. The standard InChI is InChI=1S/C19H21F3N8/c1-18(5-7-29-8-6-24-16(18)29)13-9-14(30(28-13)11-3-4-11)26-17-25-10-12(19(20,21)22)15(23-2)27-17/h6,8-11H,3-5,7H2,1-2H3,(H2,23,25,26,27). The number of nitrogens with zero attached hydrogens (tertiary/aromatic N) is 6. The molecule has 2 N–H and O–H groups in total. The smallest absolute Gasteiger partial charge is 0.372 e. The first kappa shape index (κ1) is 18.9. The lowest BCUT2D eigenvalue weighted by molar-refractivity contribution is -0.137. The van der Waals surface area contributed by atoms with E-state index in [1.54, 1.807) is 6.20 Å². The van der Waals surface area contributed by atoms with Crippen LogP contribution in [0.25, 0.3) is 0 Å². The number of imidazole rings is 1. The largest absolute Gasteiger partial charge is 0.421 e. The summed E-state index contributed by atoms with van der Waals surface area (Å²) in [5, 5.41) is 10.4. The van der Waals surface area contributed by atoms with Crippen LogP contribution in [0.4, 0.5) is 30.8 Å². The molecule has 1 aliphatic heterocycles. The van der Waals surface area contributed by atoms with Crippen LogP contribution in [0.15, 0.2) is 24.7 Å². The van der Waals surface area contributed by atoms with E-state index in [2.05, 4.69) is 37.1 Å². The summed E-state index contributed by atoms with van der Waals surface area (Å²) in [4.78, 5) is 12.4. The van der Waals surface area contributed by atoms with Crippen LogP contribution in [0, 0.1) is 0 Å². The molecule has 4 heterocycles. The number of nitrogens with one attached hydrogen (secondary N) is 2. The molecule has 1 atom stereocenters. The lowest BCUT2D eigenvalue weighted by Gasteiger charge is -2.19. The van der Waals surface area contributed by atoms with Crippen molar-refractivity contribution in [3.8, 4) is 0 Å². The molecule has 3 aromatic heterocycles. The van der Waals surface area contributed by atoms with E-state index in [0.29, 0.717) is 5.82 Å². The molecule has 1 fully saturated rings. The van der Waals surface area contributed by atoms with E-state index in [1.165, 1.54) is 7.05 Å². The maximum atomic E-state index is 13.1. The van der Waals surface area contributed by atoms with Gasteiger partial charge < -0.3 is 15.2 Å². The van der Waals surface area contributed by atoms with Gasteiger partial charge in [-0.1, -0.05) is 0 Å². The first-order chi connectivity index (χ1) is 14.3. The Morgan fingerprint density at radius 1 is 1.23 bits per heavy atom. The number of anilines is 3. The van der Waals surface area contributed by atoms with Gasteiger partial charge in [-0.2, -0.15) is 23.3 Å². The van der Waals surface area contributed by atoms with Crippen molar-refractivity contribution in [1.29, 1.82) is 0 Å². The van der Waals surface area contributed by atoms with E-state index in [4.69, 9.17) is 5.10 Å². The Kier molecular flexibility index (Phi) is 4.06. The molecule has 11 heteroatoms. The summed E-state index contributed by atoms with van der Waals surface area (Å²) in [7, 11) is 1.40. The van der Waals surface area contributed by atoms with Crippen molar-refractivity contribution < 1.29 is 13.2 Å². The Morgan fingerprint density at radius 3 is 2.73 bits per heavy atom. The number of halogens is 3. The first-order valence-corrected chi connectivity index (χ1v) is 9.80. The number of alkyl halides is 3. The number of aromatic nitrogens is 6. The van der Waals surface area contributed by atoms with Crippen LogP contribution in [0.5, 0.6) is 0 Å². The van der Waals surface area contributed by atoms with Crippen LogP contribution in [0.1, 0.15) is 49.3 Å². The van der Waals surface area contributed by atoms with Crippen molar-refractivity contribution in [3.63, 3.8) is 0 Å².